The molecule has 0 saturated carbocycles. The van der Waals surface area contributed by atoms with Gasteiger partial charge < -0.3 is 24.1 Å². The molecule has 0 aliphatic heterocycles. The smallest absolute Gasteiger partial charge is 0.493 e. The van der Waals surface area contributed by atoms with Crippen LogP contribution in [-0.2, 0) is 24.8 Å². The average molecular weight is 672 g/mol. The number of rotatable bonds is 8. The molecule has 0 bridgehead atoms. The van der Waals surface area contributed by atoms with Crippen LogP contribution in [0.3, 0.4) is 0 Å². The molecule has 1 aliphatic rings. The number of methoxy groups -OCH3 is 3. The molecule has 1 aliphatic carbocycles. The van der Waals surface area contributed by atoms with Gasteiger partial charge in [0.15, 0.2) is 11.5 Å². The number of amides is 1. The topological polar surface area (TPSA) is 102 Å². The van der Waals surface area contributed by atoms with E-state index in [1.54, 1.807) is 6.07 Å². The van der Waals surface area contributed by atoms with Crippen molar-refractivity contribution in [1.29, 1.82) is 0 Å². The number of nitrogens with one attached hydrogen (secondary N) is 1. The van der Waals surface area contributed by atoms with Gasteiger partial charge in [0.05, 0.1) is 27.4 Å². The first-order valence-electron chi connectivity index (χ1n) is 10.7. The van der Waals surface area contributed by atoms with Crippen molar-refractivity contribution in [3.8, 4) is 34.1 Å². The van der Waals surface area contributed by atoms with E-state index in [-0.39, 0.29) is 11.7 Å². The molecule has 3 rings (SSSR count). The number of alkyl halides is 6. The highest BCUT2D eigenvalue weighted by Crippen LogP contribution is 2.60. The van der Waals surface area contributed by atoms with Gasteiger partial charge in [-0.15, -0.1) is 0 Å². The van der Waals surface area contributed by atoms with Gasteiger partial charge in [0.1, 0.15) is 5.75 Å². The number of benzene rings is 2. The summed E-state index contributed by atoms with van der Waals surface area (Å²) in [6.45, 7) is 1.39. The fourth-order valence-corrected chi connectivity index (χ4v) is 6.61. The van der Waals surface area contributed by atoms with Gasteiger partial charge in [-0.25, -0.2) is 13.6 Å². The lowest BCUT2D eigenvalue weighted by Crippen LogP contribution is -2.26. The number of phosphoric acid groups is 1. The summed E-state index contributed by atoms with van der Waals surface area (Å²) in [5.41, 5.74) is 2.84. The Kier molecular flexibility index (Phi) is 10.2. The summed E-state index contributed by atoms with van der Waals surface area (Å²) in [5.74, 6) is 0.954. The normalized spacial score (nSPS) is 15.6. The lowest BCUT2D eigenvalue weighted by molar-refractivity contribution is -0.119. The predicted molar refractivity (Wildman–Crippen MR) is 147 cm³/mol. The molecule has 210 valence electrons. The molecule has 9 nitrogen and oxygen atoms in total. The standard InChI is InChI=1S/C22H22Cl6NO8P/c1-11(30)29-16-8-5-12-9-17(32-2)19(33-3)20(34-4)18(12)14-7-6-13(10-15(14)16)35-38(31,36-21(23,24)25)37-22(26,27)28/h6-7,9-10,16H,5,8H2,1-4H3,(H,29,30)/t16-/m0/s1. The van der Waals surface area contributed by atoms with Crippen molar-refractivity contribution in [2.45, 2.75) is 33.8 Å². The van der Waals surface area contributed by atoms with E-state index in [2.05, 4.69) is 5.32 Å². The second-order valence-corrected chi connectivity index (χ2v) is 13.6. The molecule has 2 aromatic rings. The highest BCUT2D eigenvalue weighted by Gasteiger charge is 2.45. The van der Waals surface area contributed by atoms with Gasteiger partial charge in [-0.3, -0.25) is 4.79 Å². The van der Waals surface area contributed by atoms with Gasteiger partial charge in [0.25, 0.3) is 0 Å². The zero-order valence-electron chi connectivity index (χ0n) is 20.3. The first-order valence-corrected chi connectivity index (χ1v) is 14.4. The maximum absolute atomic E-state index is 13.3. The zero-order chi connectivity index (χ0) is 28.5. The van der Waals surface area contributed by atoms with Crippen LogP contribution < -0.4 is 24.1 Å². The Morgan fingerprint density at radius 2 is 1.55 bits per heavy atom. The average Bonchev–Trinajstić information content (AvgIpc) is 2.91. The van der Waals surface area contributed by atoms with E-state index in [0.29, 0.717) is 46.8 Å². The van der Waals surface area contributed by atoms with Crippen LogP contribution in [0.4, 0.5) is 0 Å². The number of fused-ring (bicyclic) bond motifs is 3. The summed E-state index contributed by atoms with van der Waals surface area (Å²) < 4.78 is 40.1. The number of carbonyl (C=O) groups excluding carboxylic acids is 1. The third kappa shape index (κ3) is 7.80. The number of hydrogen-bond acceptors (Lipinski definition) is 8. The maximum atomic E-state index is 13.3. The van der Waals surface area contributed by atoms with Crippen LogP contribution >= 0.6 is 77.4 Å². The van der Waals surface area contributed by atoms with Crippen molar-refractivity contribution >= 4 is 83.3 Å². The van der Waals surface area contributed by atoms with Gasteiger partial charge in [-0.2, -0.15) is 0 Å². The monoisotopic (exact) mass is 669 g/mol. The fraction of sp³-hybridized carbons (Fsp3) is 0.409. The Morgan fingerprint density at radius 1 is 0.947 bits per heavy atom. The number of hydrogen-bond donors (Lipinski definition) is 1. The second kappa shape index (κ2) is 12.2. The van der Waals surface area contributed by atoms with Crippen molar-refractivity contribution in [3.05, 3.63) is 35.4 Å². The summed E-state index contributed by atoms with van der Waals surface area (Å²) in [5, 5.41) is 2.92. The van der Waals surface area contributed by atoms with Gasteiger partial charge >= 0.3 is 15.8 Å². The molecule has 16 heteroatoms. The molecule has 0 unspecified atom stereocenters. The van der Waals surface area contributed by atoms with E-state index in [1.807, 2.05) is 6.07 Å². The SMILES string of the molecule is COc1cc2c(c(OC)c1OC)-c1ccc(OP(=O)(OC(Cl)(Cl)Cl)OC(Cl)(Cl)Cl)cc1[C@@H](NC(C)=O)CC2. The van der Waals surface area contributed by atoms with E-state index in [1.165, 1.54) is 40.4 Å². The van der Waals surface area contributed by atoms with Crippen molar-refractivity contribution in [2.24, 2.45) is 0 Å². The summed E-state index contributed by atoms with van der Waals surface area (Å²) >= 11 is 33.8. The Morgan fingerprint density at radius 3 is 2.05 bits per heavy atom. The Hall–Kier alpha value is -1.00. The molecule has 2 aromatic carbocycles. The molecular weight excluding hydrogens is 650 g/mol. The van der Waals surface area contributed by atoms with Gasteiger partial charge in [0, 0.05) is 12.5 Å². The largest absolute Gasteiger partial charge is 0.537 e. The summed E-state index contributed by atoms with van der Waals surface area (Å²) in [4.78, 5) is 12.1. The van der Waals surface area contributed by atoms with Crippen LogP contribution in [0.2, 0.25) is 0 Å². The van der Waals surface area contributed by atoms with Crippen molar-refractivity contribution < 1.29 is 37.1 Å². The molecule has 0 radical (unpaired) electrons. The van der Waals surface area contributed by atoms with Crippen LogP contribution in [0, 0.1) is 0 Å². The lowest BCUT2D eigenvalue weighted by Gasteiger charge is -2.25. The number of ether oxygens (including phenoxy) is 3. The van der Waals surface area contributed by atoms with Crippen molar-refractivity contribution in [1.82, 2.24) is 5.32 Å². The predicted octanol–water partition coefficient (Wildman–Crippen LogP) is 7.68. The lowest BCUT2D eigenvalue weighted by atomic mass is 9.93. The van der Waals surface area contributed by atoms with Gasteiger partial charge in [0.2, 0.25) is 11.7 Å². The molecule has 1 amide bonds. The highest BCUT2D eigenvalue weighted by atomic mass is 35.6. The molecule has 0 aromatic heterocycles. The first kappa shape index (κ1) is 31.5. The van der Waals surface area contributed by atoms with E-state index in [0.717, 1.165) is 5.56 Å². The fourth-order valence-electron chi connectivity index (χ4n) is 4.10. The van der Waals surface area contributed by atoms with Crippen LogP contribution in [0.15, 0.2) is 24.3 Å². The summed E-state index contributed by atoms with van der Waals surface area (Å²) in [6, 6.07) is 5.97. The molecular formula is C22H22Cl6NO8P. The molecule has 38 heavy (non-hydrogen) atoms. The number of phosphoric ester groups is 1. The molecule has 0 fully saturated rings. The van der Waals surface area contributed by atoms with Crippen molar-refractivity contribution in [3.63, 3.8) is 0 Å². The third-order valence-corrected chi connectivity index (χ3v) is 7.84. The van der Waals surface area contributed by atoms with Crippen LogP contribution in [-0.4, -0.2) is 35.2 Å². The summed E-state index contributed by atoms with van der Waals surface area (Å²) in [7, 11) is -0.303. The molecule has 0 heterocycles. The quantitative estimate of drug-likeness (QED) is 0.225. The third-order valence-electron chi connectivity index (χ3n) is 5.31. The van der Waals surface area contributed by atoms with Crippen LogP contribution in [0.25, 0.3) is 11.1 Å². The van der Waals surface area contributed by atoms with Crippen molar-refractivity contribution in [2.75, 3.05) is 21.3 Å². The van der Waals surface area contributed by atoms with E-state index in [4.69, 9.17) is 97.4 Å². The summed E-state index contributed by atoms with van der Waals surface area (Å²) in [6.07, 6.45) is 1.02. The Bertz CT molecular complexity index is 1230. The number of halogens is 6. The van der Waals surface area contributed by atoms with Gasteiger partial charge in [-0.05, 0) is 47.7 Å². The van der Waals surface area contributed by atoms with Crippen LogP contribution in [0.1, 0.15) is 30.5 Å². The minimum atomic E-state index is -4.82. The Labute approximate surface area is 249 Å². The van der Waals surface area contributed by atoms with E-state index in [9.17, 15) is 9.36 Å². The molecule has 0 spiro atoms. The Balaban J connectivity index is 2.21. The zero-order valence-corrected chi connectivity index (χ0v) is 25.7. The molecule has 1 N–H and O–H groups in total. The maximum Gasteiger partial charge on any atom is 0.537 e. The van der Waals surface area contributed by atoms with E-state index < -0.39 is 21.8 Å². The highest BCUT2D eigenvalue weighted by molar-refractivity contribution is 7.49. The molecule has 1 atom stereocenters. The number of aryl methyl sites for hydroxylation is 1. The van der Waals surface area contributed by atoms with E-state index >= 15 is 0 Å². The van der Waals surface area contributed by atoms with Gasteiger partial charge in [-0.1, -0.05) is 75.7 Å². The minimum Gasteiger partial charge on any atom is -0.493 e. The van der Waals surface area contributed by atoms with Crippen LogP contribution in [0.5, 0.6) is 23.0 Å². The second-order valence-electron chi connectivity index (χ2n) is 7.83. The first-order chi connectivity index (χ1) is 17.6. The minimum absolute atomic E-state index is 0.0613. The molecule has 0 saturated heterocycles. The number of carbonyl (C=O) groups is 1.